The number of rotatable bonds is 3. The maximum atomic E-state index is 12.1. The van der Waals surface area contributed by atoms with Crippen molar-refractivity contribution in [1.29, 1.82) is 0 Å². The van der Waals surface area contributed by atoms with Crippen LogP contribution in [0.1, 0.15) is 20.7 Å². The molecule has 0 unspecified atom stereocenters. The summed E-state index contributed by atoms with van der Waals surface area (Å²) < 4.78 is 1.58. The monoisotopic (exact) mass is 445 g/mol. The Morgan fingerprint density at radius 2 is 1.85 bits per heavy atom. The third kappa shape index (κ3) is 3.57. The van der Waals surface area contributed by atoms with Gasteiger partial charge in [-0.25, -0.2) is 4.79 Å². The maximum absolute atomic E-state index is 12.1. The number of amides is 1. The average Bonchev–Trinajstić information content (AvgIpc) is 2.41. The van der Waals surface area contributed by atoms with Crippen molar-refractivity contribution in [2.45, 2.75) is 0 Å². The summed E-state index contributed by atoms with van der Waals surface area (Å²) >= 11 is 5.41. The highest BCUT2D eigenvalue weighted by atomic mass is 127. The zero-order valence-electron chi connectivity index (χ0n) is 10.1. The van der Waals surface area contributed by atoms with Crippen LogP contribution in [-0.4, -0.2) is 17.0 Å². The molecule has 2 aromatic rings. The molecule has 0 aliphatic heterocycles. The topological polar surface area (TPSA) is 66.4 Å². The molecule has 0 aromatic heterocycles. The number of carbonyl (C=O) groups excluding carboxylic acids is 1. The van der Waals surface area contributed by atoms with Gasteiger partial charge in [-0.3, -0.25) is 4.79 Å². The van der Waals surface area contributed by atoms with Gasteiger partial charge in [-0.15, -0.1) is 0 Å². The molecule has 0 spiro atoms. The Kier molecular flexibility index (Phi) is 4.77. The van der Waals surface area contributed by atoms with Crippen molar-refractivity contribution in [1.82, 2.24) is 0 Å². The third-order valence-electron chi connectivity index (χ3n) is 2.55. The molecule has 0 heterocycles. The molecule has 0 saturated heterocycles. The normalized spacial score (nSPS) is 10.1. The van der Waals surface area contributed by atoms with Gasteiger partial charge in [0.15, 0.2) is 0 Å². The van der Waals surface area contributed by atoms with Crippen molar-refractivity contribution < 1.29 is 14.7 Å². The molecule has 0 bridgehead atoms. The van der Waals surface area contributed by atoms with Crippen molar-refractivity contribution in [3.05, 3.63) is 61.6 Å². The molecule has 2 N–H and O–H groups in total. The van der Waals surface area contributed by atoms with Crippen LogP contribution >= 0.6 is 38.5 Å². The van der Waals surface area contributed by atoms with E-state index >= 15 is 0 Å². The van der Waals surface area contributed by atoms with Crippen LogP contribution in [0.25, 0.3) is 0 Å². The SMILES string of the molecule is O=C(O)c1ccc(Br)c(NC(=O)c2cccc(I)c2)c1. The molecule has 0 aliphatic carbocycles. The number of hydrogen-bond acceptors (Lipinski definition) is 2. The van der Waals surface area contributed by atoms with Gasteiger partial charge in [0.25, 0.3) is 5.91 Å². The molecule has 20 heavy (non-hydrogen) atoms. The predicted molar refractivity (Wildman–Crippen MR) is 88.2 cm³/mol. The molecule has 2 rings (SSSR count). The van der Waals surface area contributed by atoms with E-state index in [-0.39, 0.29) is 11.5 Å². The molecule has 6 heteroatoms. The van der Waals surface area contributed by atoms with Gasteiger partial charge in [0.05, 0.1) is 11.3 Å². The molecule has 2 aromatic carbocycles. The van der Waals surface area contributed by atoms with Crippen LogP contribution in [0, 0.1) is 3.57 Å². The largest absolute Gasteiger partial charge is 0.478 e. The summed E-state index contributed by atoms with van der Waals surface area (Å²) in [6, 6.07) is 11.6. The van der Waals surface area contributed by atoms with E-state index in [1.165, 1.54) is 12.1 Å². The second kappa shape index (κ2) is 6.36. The van der Waals surface area contributed by atoms with Gasteiger partial charge >= 0.3 is 5.97 Å². The molecule has 102 valence electrons. The van der Waals surface area contributed by atoms with E-state index in [1.54, 1.807) is 24.3 Å². The van der Waals surface area contributed by atoms with E-state index in [4.69, 9.17) is 5.11 Å². The highest BCUT2D eigenvalue weighted by molar-refractivity contribution is 14.1. The summed E-state index contributed by atoms with van der Waals surface area (Å²) in [5, 5.41) is 11.7. The van der Waals surface area contributed by atoms with Gasteiger partial charge in [0, 0.05) is 13.6 Å². The Balaban J connectivity index is 2.27. The Morgan fingerprint density at radius 1 is 1.10 bits per heavy atom. The quantitative estimate of drug-likeness (QED) is 0.701. The Labute approximate surface area is 137 Å². The number of anilines is 1. The molecule has 4 nitrogen and oxygen atoms in total. The average molecular weight is 446 g/mol. The first kappa shape index (κ1) is 15.0. The van der Waals surface area contributed by atoms with E-state index in [0.717, 1.165) is 3.57 Å². The van der Waals surface area contributed by atoms with Crippen LogP contribution in [-0.2, 0) is 0 Å². The summed E-state index contributed by atoms with van der Waals surface area (Å²) in [6.45, 7) is 0. The molecular weight excluding hydrogens is 437 g/mol. The summed E-state index contributed by atoms with van der Waals surface area (Å²) in [4.78, 5) is 23.1. The van der Waals surface area contributed by atoms with Crippen LogP contribution in [0.3, 0.4) is 0 Å². The lowest BCUT2D eigenvalue weighted by atomic mass is 10.2. The first-order chi connectivity index (χ1) is 9.47. The van der Waals surface area contributed by atoms with E-state index < -0.39 is 5.97 Å². The van der Waals surface area contributed by atoms with Crippen LogP contribution in [0.5, 0.6) is 0 Å². The summed E-state index contributed by atoms with van der Waals surface area (Å²) in [7, 11) is 0. The minimum Gasteiger partial charge on any atom is -0.478 e. The predicted octanol–water partition coefficient (Wildman–Crippen LogP) is 4.00. The van der Waals surface area contributed by atoms with Gasteiger partial charge in [-0.1, -0.05) is 6.07 Å². The lowest BCUT2D eigenvalue weighted by Crippen LogP contribution is -2.13. The standard InChI is InChI=1S/C14H9BrINO3/c15-11-5-4-9(14(19)20)7-12(11)17-13(18)8-2-1-3-10(16)6-8/h1-7H,(H,17,18)(H,19,20). The second-order valence-corrected chi connectivity index (χ2v) is 6.06. The molecule has 0 fully saturated rings. The number of hydrogen-bond donors (Lipinski definition) is 2. The first-order valence-electron chi connectivity index (χ1n) is 5.57. The van der Waals surface area contributed by atoms with E-state index in [2.05, 4.69) is 43.8 Å². The number of aromatic carboxylic acids is 1. The van der Waals surface area contributed by atoms with E-state index in [0.29, 0.717) is 15.7 Å². The molecule has 0 aliphatic rings. The molecule has 0 saturated carbocycles. The molecule has 0 radical (unpaired) electrons. The fourth-order valence-corrected chi connectivity index (χ4v) is 2.47. The van der Waals surface area contributed by atoms with Gasteiger partial charge in [-0.2, -0.15) is 0 Å². The number of halogens is 2. The van der Waals surface area contributed by atoms with Gasteiger partial charge < -0.3 is 10.4 Å². The van der Waals surface area contributed by atoms with E-state index in [9.17, 15) is 9.59 Å². The van der Waals surface area contributed by atoms with Crippen molar-refractivity contribution >= 4 is 56.1 Å². The summed E-state index contributed by atoms with van der Waals surface area (Å²) in [5.41, 5.74) is 1.06. The number of carboxylic acid groups (broad SMARTS) is 1. The summed E-state index contributed by atoms with van der Waals surface area (Å²) in [6.07, 6.45) is 0. The zero-order chi connectivity index (χ0) is 14.7. The zero-order valence-corrected chi connectivity index (χ0v) is 13.8. The highest BCUT2D eigenvalue weighted by Gasteiger charge is 2.11. The van der Waals surface area contributed by atoms with Crippen molar-refractivity contribution in [3.8, 4) is 0 Å². The number of carbonyl (C=O) groups is 2. The lowest BCUT2D eigenvalue weighted by molar-refractivity contribution is 0.0696. The third-order valence-corrected chi connectivity index (χ3v) is 3.91. The minimum atomic E-state index is -1.04. The fourth-order valence-electron chi connectivity index (χ4n) is 1.58. The van der Waals surface area contributed by atoms with E-state index in [1.807, 2.05) is 6.07 Å². The van der Waals surface area contributed by atoms with Gasteiger partial charge in [0.1, 0.15) is 0 Å². The van der Waals surface area contributed by atoms with Crippen molar-refractivity contribution in [2.75, 3.05) is 5.32 Å². The smallest absolute Gasteiger partial charge is 0.335 e. The number of benzene rings is 2. The first-order valence-corrected chi connectivity index (χ1v) is 7.44. The highest BCUT2D eigenvalue weighted by Crippen LogP contribution is 2.24. The fraction of sp³-hybridized carbons (Fsp3) is 0. The van der Waals surface area contributed by atoms with Crippen LogP contribution in [0.4, 0.5) is 5.69 Å². The Hall–Kier alpha value is -1.41. The van der Waals surface area contributed by atoms with Crippen molar-refractivity contribution in [2.24, 2.45) is 0 Å². The Bertz CT molecular complexity index is 688. The van der Waals surface area contributed by atoms with Crippen LogP contribution in [0.2, 0.25) is 0 Å². The summed E-state index contributed by atoms with van der Waals surface area (Å²) in [5.74, 6) is -1.32. The van der Waals surface area contributed by atoms with Gasteiger partial charge in [-0.05, 0) is 74.9 Å². The minimum absolute atomic E-state index is 0.117. The van der Waals surface area contributed by atoms with Gasteiger partial charge in [0.2, 0.25) is 0 Å². The molecule has 0 atom stereocenters. The Morgan fingerprint density at radius 3 is 2.50 bits per heavy atom. The number of nitrogens with one attached hydrogen (secondary N) is 1. The van der Waals surface area contributed by atoms with Crippen LogP contribution < -0.4 is 5.32 Å². The maximum Gasteiger partial charge on any atom is 0.335 e. The molecule has 1 amide bonds. The second-order valence-electron chi connectivity index (χ2n) is 3.96. The number of carboxylic acids is 1. The lowest BCUT2D eigenvalue weighted by Gasteiger charge is -2.08. The van der Waals surface area contributed by atoms with Crippen LogP contribution in [0.15, 0.2) is 46.9 Å². The molecular formula is C14H9BrINO3. The van der Waals surface area contributed by atoms with Crippen molar-refractivity contribution in [3.63, 3.8) is 0 Å².